The third-order valence-corrected chi connectivity index (χ3v) is 4.65. The fourth-order valence-electron chi connectivity index (χ4n) is 2.68. The Hall–Kier alpha value is -2.38. The molecule has 8 heteroatoms. The van der Waals surface area contributed by atoms with E-state index >= 15 is 0 Å². The van der Waals surface area contributed by atoms with Gasteiger partial charge in [-0.3, -0.25) is 4.90 Å². The maximum absolute atomic E-state index is 12.3. The first-order chi connectivity index (χ1) is 13.5. The molecule has 152 valence electrons. The summed E-state index contributed by atoms with van der Waals surface area (Å²) >= 11 is 6.28. The molecule has 2 aromatic rings. The number of benzene rings is 1. The lowest BCUT2D eigenvalue weighted by Gasteiger charge is -2.22. The molecule has 1 heterocycles. The molecule has 0 bridgehead atoms. The minimum atomic E-state index is -0.313. The van der Waals surface area contributed by atoms with Gasteiger partial charge in [-0.1, -0.05) is 23.7 Å². The van der Waals surface area contributed by atoms with Crippen molar-refractivity contribution in [3.05, 3.63) is 46.4 Å². The molecule has 0 unspecified atom stereocenters. The minimum absolute atomic E-state index is 0.293. The summed E-state index contributed by atoms with van der Waals surface area (Å²) in [6, 6.07) is 5.76. The van der Waals surface area contributed by atoms with Gasteiger partial charge in [0, 0.05) is 13.7 Å². The van der Waals surface area contributed by atoms with E-state index < -0.39 is 0 Å². The minimum Gasteiger partial charge on any atom is -0.491 e. The topological polar surface area (TPSA) is 76.6 Å². The summed E-state index contributed by atoms with van der Waals surface area (Å²) in [5, 5.41) is 2.95. The number of ether oxygens (including phenoxy) is 2. The van der Waals surface area contributed by atoms with E-state index in [0.717, 1.165) is 24.3 Å². The van der Waals surface area contributed by atoms with Crippen LogP contribution in [0.5, 0.6) is 5.75 Å². The van der Waals surface area contributed by atoms with E-state index in [2.05, 4.69) is 21.4 Å². The summed E-state index contributed by atoms with van der Waals surface area (Å²) < 4.78 is 11.3. The van der Waals surface area contributed by atoms with Gasteiger partial charge in [0.2, 0.25) is 0 Å². The molecule has 2 rings (SSSR count). The second kappa shape index (κ2) is 10.8. The zero-order chi connectivity index (χ0) is 20.5. The van der Waals surface area contributed by atoms with Crippen molar-refractivity contribution in [2.45, 2.75) is 27.2 Å². The molecule has 0 saturated carbocycles. The van der Waals surface area contributed by atoms with Crippen LogP contribution >= 0.6 is 11.6 Å². The van der Waals surface area contributed by atoms with Gasteiger partial charge in [-0.2, -0.15) is 0 Å². The highest BCUT2D eigenvalue weighted by atomic mass is 35.5. The van der Waals surface area contributed by atoms with Gasteiger partial charge >= 0.3 is 6.03 Å². The largest absolute Gasteiger partial charge is 0.491 e. The van der Waals surface area contributed by atoms with Crippen LogP contribution in [0.4, 0.5) is 10.6 Å². The number of amides is 2. The highest BCUT2D eigenvalue weighted by Crippen LogP contribution is 2.25. The molecule has 0 aliphatic carbocycles. The fourth-order valence-corrected chi connectivity index (χ4v) is 2.88. The molecule has 1 aromatic carbocycles. The van der Waals surface area contributed by atoms with E-state index in [9.17, 15) is 4.79 Å². The van der Waals surface area contributed by atoms with Gasteiger partial charge in [0.1, 0.15) is 23.7 Å². The number of hydrogen-bond donors (Lipinski definition) is 1. The first kappa shape index (κ1) is 21.9. The Morgan fingerprint density at radius 3 is 2.71 bits per heavy atom. The summed E-state index contributed by atoms with van der Waals surface area (Å²) in [5.41, 5.74) is 2.85. The second-order valence-electron chi connectivity index (χ2n) is 6.20. The number of hydrogen-bond acceptors (Lipinski definition) is 5. The third-order valence-electron chi connectivity index (χ3n) is 4.21. The quantitative estimate of drug-likeness (QED) is 0.644. The molecule has 0 saturated heterocycles. The number of carbonyl (C=O) groups excluding carboxylic acids is 1. The first-order valence-electron chi connectivity index (χ1n) is 9.24. The SMILES string of the molecule is CCOCCc1ccc(OCCN(C(=O)NC)c2ncnc(C)c2Cl)c(C)c1. The average Bonchev–Trinajstić information content (AvgIpc) is 2.69. The van der Waals surface area contributed by atoms with Crippen LogP contribution in [0.25, 0.3) is 0 Å². The lowest BCUT2D eigenvalue weighted by atomic mass is 10.1. The number of anilines is 1. The Balaban J connectivity index is 2.02. The van der Waals surface area contributed by atoms with Crippen LogP contribution in [0.3, 0.4) is 0 Å². The van der Waals surface area contributed by atoms with Crippen LogP contribution in [0.15, 0.2) is 24.5 Å². The van der Waals surface area contributed by atoms with Crippen molar-refractivity contribution in [3.63, 3.8) is 0 Å². The van der Waals surface area contributed by atoms with Crippen LogP contribution in [0, 0.1) is 13.8 Å². The molecule has 0 aliphatic heterocycles. The van der Waals surface area contributed by atoms with Crippen molar-refractivity contribution in [1.82, 2.24) is 15.3 Å². The Morgan fingerprint density at radius 1 is 1.25 bits per heavy atom. The number of aromatic nitrogens is 2. The molecular formula is C20H27ClN4O3. The normalized spacial score (nSPS) is 10.6. The average molecular weight is 407 g/mol. The molecule has 2 amide bonds. The molecule has 1 N–H and O–H groups in total. The van der Waals surface area contributed by atoms with Crippen molar-refractivity contribution in [1.29, 1.82) is 0 Å². The standard InChI is InChI=1S/C20H27ClN4O3/c1-5-27-10-8-16-6-7-17(14(2)12-16)28-11-9-25(20(26)22-4)19-18(21)15(3)23-13-24-19/h6-7,12-13H,5,8-11H2,1-4H3,(H,22,26). The highest BCUT2D eigenvalue weighted by molar-refractivity contribution is 6.34. The lowest BCUT2D eigenvalue weighted by molar-refractivity contribution is 0.151. The van der Waals surface area contributed by atoms with Crippen molar-refractivity contribution >= 4 is 23.4 Å². The highest BCUT2D eigenvalue weighted by Gasteiger charge is 2.20. The van der Waals surface area contributed by atoms with E-state index in [1.165, 1.54) is 16.8 Å². The predicted molar refractivity (Wildman–Crippen MR) is 110 cm³/mol. The van der Waals surface area contributed by atoms with Gasteiger partial charge in [0.15, 0.2) is 5.82 Å². The van der Waals surface area contributed by atoms with Gasteiger partial charge in [0.05, 0.1) is 18.8 Å². The van der Waals surface area contributed by atoms with Gasteiger partial charge in [-0.15, -0.1) is 0 Å². The Labute approximate surface area is 171 Å². The number of aryl methyl sites for hydroxylation is 2. The summed E-state index contributed by atoms with van der Waals surface area (Å²) in [6.07, 6.45) is 2.25. The van der Waals surface area contributed by atoms with Gasteiger partial charge in [-0.05, 0) is 44.4 Å². The maximum atomic E-state index is 12.3. The van der Waals surface area contributed by atoms with Crippen molar-refractivity contribution in [2.24, 2.45) is 0 Å². The summed E-state index contributed by atoms with van der Waals surface area (Å²) in [7, 11) is 1.56. The Bertz CT molecular complexity index is 801. The number of rotatable bonds is 9. The van der Waals surface area contributed by atoms with E-state index in [0.29, 0.717) is 36.3 Å². The van der Waals surface area contributed by atoms with Crippen LogP contribution in [-0.4, -0.2) is 49.4 Å². The van der Waals surface area contributed by atoms with Crippen LogP contribution in [0.1, 0.15) is 23.7 Å². The van der Waals surface area contributed by atoms with E-state index in [1.807, 2.05) is 26.0 Å². The number of urea groups is 1. The van der Waals surface area contributed by atoms with Crippen molar-refractivity contribution < 1.29 is 14.3 Å². The predicted octanol–water partition coefficient (Wildman–Crippen LogP) is 3.55. The van der Waals surface area contributed by atoms with Crippen molar-refractivity contribution in [3.8, 4) is 5.75 Å². The van der Waals surface area contributed by atoms with E-state index in [4.69, 9.17) is 21.1 Å². The third kappa shape index (κ3) is 5.81. The second-order valence-corrected chi connectivity index (χ2v) is 6.58. The van der Waals surface area contributed by atoms with Gasteiger partial charge < -0.3 is 14.8 Å². The number of carbonyl (C=O) groups is 1. The summed E-state index contributed by atoms with van der Waals surface area (Å²) in [6.45, 7) is 7.77. The molecule has 0 spiro atoms. The molecule has 0 fully saturated rings. The molecule has 0 atom stereocenters. The van der Waals surface area contributed by atoms with E-state index in [1.54, 1.807) is 14.0 Å². The smallest absolute Gasteiger partial charge is 0.322 e. The Morgan fingerprint density at radius 2 is 2.04 bits per heavy atom. The number of nitrogens with zero attached hydrogens (tertiary/aromatic N) is 3. The lowest BCUT2D eigenvalue weighted by Crippen LogP contribution is -2.41. The number of halogens is 1. The molecule has 7 nitrogen and oxygen atoms in total. The fraction of sp³-hybridized carbons (Fsp3) is 0.450. The van der Waals surface area contributed by atoms with Crippen LogP contribution < -0.4 is 15.0 Å². The maximum Gasteiger partial charge on any atom is 0.322 e. The number of nitrogens with one attached hydrogen (secondary N) is 1. The summed E-state index contributed by atoms with van der Waals surface area (Å²) in [4.78, 5) is 21.9. The summed E-state index contributed by atoms with van der Waals surface area (Å²) in [5.74, 6) is 1.14. The molecule has 0 radical (unpaired) electrons. The zero-order valence-electron chi connectivity index (χ0n) is 16.8. The van der Waals surface area contributed by atoms with E-state index in [-0.39, 0.29) is 6.03 Å². The van der Waals surface area contributed by atoms with Crippen LogP contribution in [0.2, 0.25) is 5.02 Å². The van der Waals surface area contributed by atoms with Crippen LogP contribution in [-0.2, 0) is 11.2 Å². The van der Waals surface area contributed by atoms with Gasteiger partial charge in [0.25, 0.3) is 0 Å². The molecule has 0 aliphatic rings. The molecule has 1 aromatic heterocycles. The molecule has 28 heavy (non-hydrogen) atoms. The molecular weight excluding hydrogens is 380 g/mol. The van der Waals surface area contributed by atoms with Crippen molar-refractivity contribution in [2.75, 3.05) is 38.3 Å². The monoisotopic (exact) mass is 406 g/mol. The zero-order valence-corrected chi connectivity index (χ0v) is 17.5. The van der Waals surface area contributed by atoms with Gasteiger partial charge in [-0.25, -0.2) is 14.8 Å². The first-order valence-corrected chi connectivity index (χ1v) is 9.62. The Kier molecular flexibility index (Phi) is 8.47.